The second kappa shape index (κ2) is 7.76. The van der Waals surface area contributed by atoms with Gasteiger partial charge in [-0.2, -0.15) is 0 Å². The lowest BCUT2D eigenvalue weighted by Crippen LogP contribution is -2.35. The van der Waals surface area contributed by atoms with Gasteiger partial charge in [-0.1, -0.05) is 19.1 Å². The number of ether oxygens (including phenoxy) is 1. The lowest BCUT2D eigenvalue weighted by atomic mass is 10.2. The van der Waals surface area contributed by atoms with E-state index in [-0.39, 0.29) is 18.6 Å². The highest BCUT2D eigenvalue weighted by molar-refractivity contribution is 7.26. The summed E-state index contributed by atoms with van der Waals surface area (Å²) in [6.45, 7) is 3.62. The van der Waals surface area contributed by atoms with E-state index in [0.717, 1.165) is 26.5 Å². The molecule has 7 heteroatoms. The topological polar surface area (TPSA) is 68.3 Å². The van der Waals surface area contributed by atoms with E-state index in [2.05, 4.69) is 10.3 Å². The third-order valence-electron chi connectivity index (χ3n) is 3.67. The fourth-order valence-corrected chi connectivity index (χ4v) is 4.08. The van der Waals surface area contributed by atoms with E-state index in [4.69, 9.17) is 4.74 Å². The van der Waals surface area contributed by atoms with Crippen LogP contribution in [0, 0.1) is 0 Å². The van der Waals surface area contributed by atoms with Gasteiger partial charge in [0.1, 0.15) is 9.88 Å². The number of thiophene rings is 1. The molecule has 0 saturated carbocycles. The zero-order valence-electron chi connectivity index (χ0n) is 13.9. The van der Waals surface area contributed by atoms with Crippen LogP contribution in [0.4, 0.5) is 0 Å². The zero-order chi connectivity index (χ0) is 17.8. The summed E-state index contributed by atoms with van der Waals surface area (Å²) in [6.07, 6.45) is 0.830. The molecule has 1 atom stereocenters. The lowest BCUT2D eigenvalue weighted by molar-refractivity contribution is -0.124. The van der Waals surface area contributed by atoms with Gasteiger partial charge in [-0.15, -0.1) is 22.7 Å². The van der Waals surface area contributed by atoms with Crippen molar-refractivity contribution in [2.75, 3.05) is 6.61 Å². The third-order valence-corrected chi connectivity index (χ3v) is 5.94. The third kappa shape index (κ3) is 4.24. The summed E-state index contributed by atoms with van der Waals surface area (Å²) >= 11 is 2.91. The van der Waals surface area contributed by atoms with Crippen LogP contribution < -0.4 is 5.32 Å². The van der Waals surface area contributed by atoms with E-state index in [1.165, 1.54) is 11.3 Å². The Bertz CT molecular complexity index is 868. The summed E-state index contributed by atoms with van der Waals surface area (Å²) in [5.74, 6) is -0.776. The summed E-state index contributed by atoms with van der Waals surface area (Å²) in [5, 5.41) is 3.64. The molecule has 5 nitrogen and oxygen atoms in total. The van der Waals surface area contributed by atoms with E-state index < -0.39 is 5.97 Å². The molecule has 1 amide bonds. The van der Waals surface area contributed by atoms with Crippen LogP contribution in [0.3, 0.4) is 0 Å². The molecule has 0 bridgehead atoms. The van der Waals surface area contributed by atoms with Gasteiger partial charge in [-0.25, -0.2) is 9.78 Å². The van der Waals surface area contributed by atoms with Crippen molar-refractivity contribution in [3.05, 3.63) is 41.3 Å². The SMILES string of the molecule is CC[C@H](C)NC(=O)COC(=O)c1ccc(-c2nc3ccccc3s2)s1. The number of carbonyl (C=O) groups is 2. The Balaban J connectivity index is 1.64. The smallest absolute Gasteiger partial charge is 0.348 e. The van der Waals surface area contributed by atoms with Crippen LogP contribution in [0.1, 0.15) is 29.9 Å². The minimum absolute atomic E-state index is 0.0681. The maximum atomic E-state index is 12.1. The Kier molecular flexibility index (Phi) is 5.45. The molecule has 0 radical (unpaired) electrons. The number of hydrogen-bond donors (Lipinski definition) is 1. The van der Waals surface area contributed by atoms with Crippen molar-refractivity contribution in [1.82, 2.24) is 10.3 Å². The number of rotatable bonds is 6. The minimum Gasteiger partial charge on any atom is -0.451 e. The number of para-hydroxylation sites is 1. The van der Waals surface area contributed by atoms with Crippen LogP contribution in [-0.2, 0) is 9.53 Å². The van der Waals surface area contributed by atoms with Gasteiger partial charge >= 0.3 is 5.97 Å². The highest BCUT2D eigenvalue weighted by Crippen LogP contribution is 2.34. The molecule has 0 saturated heterocycles. The highest BCUT2D eigenvalue weighted by Gasteiger charge is 2.16. The Morgan fingerprint density at radius 2 is 2.00 bits per heavy atom. The number of hydrogen-bond acceptors (Lipinski definition) is 6. The van der Waals surface area contributed by atoms with Crippen LogP contribution in [0.5, 0.6) is 0 Å². The van der Waals surface area contributed by atoms with Gasteiger partial charge in [-0.05, 0) is 37.6 Å². The first-order chi connectivity index (χ1) is 12.1. The number of carbonyl (C=O) groups excluding carboxylic acids is 2. The Morgan fingerprint density at radius 3 is 2.76 bits per heavy atom. The van der Waals surface area contributed by atoms with Gasteiger partial charge in [-0.3, -0.25) is 4.79 Å². The molecule has 1 N–H and O–H groups in total. The number of nitrogens with one attached hydrogen (secondary N) is 1. The molecular weight excluding hydrogens is 356 g/mol. The number of amides is 1. The van der Waals surface area contributed by atoms with Crippen molar-refractivity contribution in [2.24, 2.45) is 0 Å². The van der Waals surface area contributed by atoms with Crippen LogP contribution in [0.15, 0.2) is 36.4 Å². The van der Waals surface area contributed by atoms with Crippen LogP contribution >= 0.6 is 22.7 Å². The monoisotopic (exact) mass is 374 g/mol. The number of benzene rings is 1. The number of nitrogens with zero attached hydrogens (tertiary/aromatic N) is 1. The average molecular weight is 374 g/mol. The normalized spacial score (nSPS) is 12.1. The molecule has 130 valence electrons. The maximum Gasteiger partial charge on any atom is 0.348 e. The van der Waals surface area contributed by atoms with E-state index in [1.54, 1.807) is 17.4 Å². The molecule has 2 heterocycles. The Morgan fingerprint density at radius 1 is 1.20 bits per heavy atom. The molecule has 0 spiro atoms. The summed E-state index contributed by atoms with van der Waals surface area (Å²) in [7, 11) is 0. The molecule has 0 aliphatic rings. The molecule has 1 aromatic carbocycles. The van der Waals surface area contributed by atoms with E-state index >= 15 is 0 Å². The van der Waals surface area contributed by atoms with E-state index in [0.29, 0.717) is 4.88 Å². The predicted octanol–water partition coefficient (Wildman–Crippen LogP) is 4.10. The first-order valence-corrected chi connectivity index (χ1v) is 9.62. The molecule has 0 fully saturated rings. The first kappa shape index (κ1) is 17.6. The molecule has 3 aromatic rings. The Hall–Kier alpha value is -2.25. The number of fused-ring (bicyclic) bond motifs is 1. The predicted molar refractivity (Wildman–Crippen MR) is 101 cm³/mol. The largest absolute Gasteiger partial charge is 0.451 e. The van der Waals surface area contributed by atoms with Gasteiger partial charge in [0, 0.05) is 6.04 Å². The minimum atomic E-state index is -0.489. The van der Waals surface area contributed by atoms with Gasteiger partial charge in [0.15, 0.2) is 6.61 Å². The number of thiazole rings is 1. The van der Waals surface area contributed by atoms with Crippen molar-refractivity contribution < 1.29 is 14.3 Å². The van der Waals surface area contributed by atoms with Crippen molar-refractivity contribution in [3.63, 3.8) is 0 Å². The molecule has 0 unspecified atom stereocenters. The summed E-state index contributed by atoms with van der Waals surface area (Å²) in [4.78, 5) is 29.8. The summed E-state index contributed by atoms with van der Waals surface area (Å²) < 4.78 is 6.19. The van der Waals surface area contributed by atoms with Crippen molar-refractivity contribution in [3.8, 4) is 9.88 Å². The van der Waals surface area contributed by atoms with Gasteiger partial charge in [0.05, 0.1) is 15.1 Å². The Labute approximate surface area is 153 Å². The van der Waals surface area contributed by atoms with Crippen LogP contribution in [0.25, 0.3) is 20.1 Å². The van der Waals surface area contributed by atoms with Gasteiger partial charge in [0.25, 0.3) is 5.91 Å². The van der Waals surface area contributed by atoms with Crippen molar-refractivity contribution in [1.29, 1.82) is 0 Å². The lowest BCUT2D eigenvalue weighted by Gasteiger charge is -2.10. The fourth-order valence-electron chi connectivity index (χ4n) is 2.16. The molecule has 25 heavy (non-hydrogen) atoms. The fraction of sp³-hybridized carbons (Fsp3) is 0.278. The van der Waals surface area contributed by atoms with Gasteiger partial charge in [0.2, 0.25) is 0 Å². The summed E-state index contributed by atoms with van der Waals surface area (Å²) in [5.41, 5.74) is 0.946. The highest BCUT2D eigenvalue weighted by atomic mass is 32.1. The molecular formula is C18H18N2O3S2. The van der Waals surface area contributed by atoms with Crippen molar-refractivity contribution >= 4 is 44.8 Å². The molecule has 0 aliphatic carbocycles. The van der Waals surface area contributed by atoms with Gasteiger partial charge < -0.3 is 10.1 Å². The van der Waals surface area contributed by atoms with E-state index in [9.17, 15) is 9.59 Å². The zero-order valence-corrected chi connectivity index (χ0v) is 15.6. The molecule has 0 aliphatic heterocycles. The number of esters is 1. The first-order valence-electron chi connectivity index (χ1n) is 7.99. The maximum absolute atomic E-state index is 12.1. The molecule has 3 rings (SSSR count). The van der Waals surface area contributed by atoms with E-state index in [1.807, 2.05) is 44.2 Å². The average Bonchev–Trinajstić information content (AvgIpc) is 3.25. The summed E-state index contributed by atoms with van der Waals surface area (Å²) in [6, 6.07) is 11.6. The standard InChI is InChI=1S/C18H18N2O3S2/c1-3-11(2)19-16(21)10-23-18(22)15-9-8-14(24-15)17-20-12-6-4-5-7-13(12)25-17/h4-9,11H,3,10H2,1-2H3,(H,19,21)/t11-/m0/s1. The second-order valence-corrected chi connectivity index (χ2v) is 7.72. The van der Waals surface area contributed by atoms with Crippen LogP contribution in [-0.4, -0.2) is 29.5 Å². The quantitative estimate of drug-likeness (QED) is 0.660. The van der Waals surface area contributed by atoms with Crippen molar-refractivity contribution in [2.45, 2.75) is 26.3 Å². The second-order valence-electron chi connectivity index (χ2n) is 5.60. The number of aromatic nitrogens is 1. The van der Waals surface area contributed by atoms with Crippen LogP contribution in [0.2, 0.25) is 0 Å². The molecule has 2 aromatic heterocycles.